The highest BCUT2D eigenvalue weighted by Crippen LogP contribution is 2.41. The van der Waals surface area contributed by atoms with E-state index < -0.39 is 14.6 Å². The first kappa shape index (κ1) is 22.2. The summed E-state index contributed by atoms with van der Waals surface area (Å²) in [5.74, 6) is -0.311. The predicted molar refractivity (Wildman–Crippen MR) is 116 cm³/mol. The third kappa shape index (κ3) is 4.67. The van der Waals surface area contributed by atoms with Crippen molar-refractivity contribution in [2.24, 2.45) is 0 Å². The number of sulfone groups is 1. The van der Waals surface area contributed by atoms with Crippen LogP contribution in [0.2, 0.25) is 0 Å². The maximum atomic E-state index is 13.6. The molecule has 1 aliphatic carbocycles. The number of hydrogen-bond acceptors (Lipinski definition) is 5. The minimum atomic E-state index is -3.74. The van der Waals surface area contributed by atoms with E-state index in [9.17, 15) is 13.2 Å². The minimum absolute atomic E-state index is 0.311. The molecule has 1 aromatic carbocycles. The Kier molecular flexibility index (Phi) is 7.02. The van der Waals surface area contributed by atoms with Gasteiger partial charge in [-0.25, -0.2) is 8.42 Å². The Morgan fingerprint density at radius 2 is 1.76 bits per heavy atom. The lowest BCUT2D eigenvalue weighted by atomic mass is 10.1. The molecule has 0 spiro atoms. The van der Waals surface area contributed by atoms with Crippen molar-refractivity contribution in [3.8, 4) is 0 Å². The van der Waals surface area contributed by atoms with Gasteiger partial charge >= 0.3 is 0 Å². The van der Waals surface area contributed by atoms with Crippen molar-refractivity contribution in [3.05, 3.63) is 29.3 Å². The summed E-state index contributed by atoms with van der Waals surface area (Å²) in [6, 6.07) is 5.46. The highest BCUT2D eigenvalue weighted by molar-refractivity contribution is 7.93. The van der Waals surface area contributed by atoms with Crippen molar-refractivity contribution in [3.63, 3.8) is 0 Å². The Morgan fingerprint density at radius 3 is 2.41 bits per heavy atom. The van der Waals surface area contributed by atoms with Crippen LogP contribution >= 0.6 is 0 Å². The number of rotatable bonds is 7. The summed E-state index contributed by atoms with van der Waals surface area (Å²) >= 11 is 0. The van der Waals surface area contributed by atoms with Gasteiger partial charge in [0.05, 0.1) is 4.90 Å². The van der Waals surface area contributed by atoms with Crippen LogP contribution in [0.1, 0.15) is 43.2 Å². The molecule has 0 atom stereocenters. The van der Waals surface area contributed by atoms with Gasteiger partial charge in [0.2, 0.25) is 5.91 Å². The van der Waals surface area contributed by atoms with Gasteiger partial charge in [0.1, 0.15) is 0 Å². The molecular weight excluding hydrogens is 386 g/mol. The van der Waals surface area contributed by atoms with Gasteiger partial charge in [-0.2, -0.15) is 0 Å². The Morgan fingerprint density at radius 1 is 1.10 bits per heavy atom. The van der Waals surface area contributed by atoms with Crippen LogP contribution in [0.5, 0.6) is 0 Å². The molecule has 0 aromatic heterocycles. The third-order valence-corrected chi connectivity index (χ3v) is 9.15. The molecule has 0 unspecified atom stereocenters. The average molecular weight is 422 g/mol. The van der Waals surface area contributed by atoms with Crippen LogP contribution < -0.4 is 5.32 Å². The highest BCUT2D eigenvalue weighted by Gasteiger charge is 2.53. The lowest BCUT2D eigenvalue weighted by molar-refractivity contribution is -0.123. The first-order valence-corrected chi connectivity index (χ1v) is 12.3. The fourth-order valence-electron chi connectivity index (χ4n) is 4.51. The maximum Gasteiger partial charge on any atom is 0.241 e. The summed E-state index contributed by atoms with van der Waals surface area (Å²) in [4.78, 5) is 18.2. The zero-order valence-corrected chi connectivity index (χ0v) is 18.9. The van der Waals surface area contributed by atoms with E-state index in [4.69, 9.17) is 0 Å². The van der Waals surface area contributed by atoms with Crippen LogP contribution in [-0.2, 0) is 14.6 Å². The fourth-order valence-corrected chi connectivity index (χ4v) is 6.90. The number of amides is 1. The second-order valence-electron chi connectivity index (χ2n) is 8.73. The van der Waals surface area contributed by atoms with Crippen molar-refractivity contribution in [2.45, 2.75) is 55.6 Å². The zero-order chi connectivity index (χ0) is 21.1. The molecule has 2 aliphatic rings. The molecule has 1 aromatic rings. The number of benzene rings is 1. The summed E-state index contributed by atoms with van der Waals surface area (Å²) < 4.78 is 25.9. The zero-order valence-electron chi connectivity index (χ0n) is 18.0. The largest absolute Gasteiger partial charge is 0.355 e. The summed E-state index contributed by atoms with van der Waals surface area (Å²) in [5, 5.41) is 2.97. The van der Waals surface area contributed by atoms with Gasteiger partial charge in [0.25, 0.3) is 0 Å². The molecule has 29 heavy (non-hydrogen) atoms. The van der Waals surface area contributed by atoms with E-state index in [0.29, 0.717) is 29.8 Å². The molecule has 1 N–H and O–H groups in total. The van der Waals surface area contributed by atoms with Gasteiger partial charge in [0.15, 0.2) is 14.6 Å². The monoisotopic (exact) mass is 421 g/mol. The van der Waals surface area contributed by atoms with E-state index >= 15 is 0 Å². The second-order valence-corrected chi connectivity index (χ2v) is 11.0. The number of carbonyl (C=O) groups is 1. The molecule has 1 saturated carbocycles. The topological polar surface area (TPSA) is 69.7 Å². The van der Waals surface area contributed by atoms with E-state index in [1.165, 1.54) is 0 Å². The van der Waals surface area contributed by atoms with Crippen molar-refractivity contribution in [2.75, 3.05) is 46.3 Å². The van der Waals surface area contributed by atoms with Gasteiger partial charge in [-0.1, -0.05) is 25.0 Å². The van der Waals surface area contributed by atoms with Crippen LogP contribution in [0.25, 0.3) is 0 Å². The van der Waals surface area contributed by atoms with E-state index in [1.807, 2.05) is 26.0 Å². The van der Waals surface area contributed by atoms with Crippen molar-refractivity contribution in [1.82, 2.24) is 15.1 Å². The molecule has 6 nitrogen and oxygen atoms in total. The standard InChI is InChI=1S/C22H35N3O3S/c1-18-7-8-19(2)20(17-18)29(27,28)22(9-4-5-10-22)21(26)23-11-6-12-25-15-13-24(3)14-16-25/h7-8,17H,4-6,9-16H2,1-3H3,(H,23,26). The molecule has 0 radical (unpaired) electrons. The lowest BCUT2D eigenvalue weighted by Gasteiger charge is -2.32. The average Bonchev–Trinajstić information content (AvgIpc) is 3.20. The first-order chi connectivity index (χ1) is 13.8. The third-order valence-electron chi connectivity index (χ3n) is 6.51. The summed E-state index contributed by atoms with van der Waals surface area (Å²) in [5.41, 5.74) is 1.61. The van der Waals surface area contributed by atoms with Crippen molar-refractivity contribution in [1.29, 1.82) is 0 Å². The van der Waals surface area contributed by atoms with Crippen LogP contribution in [0.3, 0.4) is 0 Å². The molecule has 1 heterocycles. The summed E-state index contributed by atoms with van der Waals surface area (Å²) in [7, 11) is -1.61. The first-order valence-electron chi connectivity index (χ1n) is 10.8. The Hall–Kier alpha value is -1.44. The normalized spacial score (nSPS) is 20.7. The van der Waals surface area contributed by atoms with Gasteiger partial charge < -0.3 is 15.1 Å². The summed E-state index contributed by atoms with van der Waals surface area (Å²) in [6.07, 6.45) is 3.21. The second kappa shape index (κ2) is 9.14. The van der Waals surface area contributed by atoms with Crippen LogP contribution in [0.4, 0.5) is 0 Å². The fraction of sp³-hybridized carbons (Fsp3) is 0.682. The van der Waals surface area contributed by atoms with Crippen molar-refractivity contribution >= 4 is 15.7 Å². The number of carbonyl (C=O) groups excluding carboxylic acids is 1. The van der Waals surface area contributed by atoms with Gasteiger partial charge in [-0.3, -0.25) is 4.79 Å². The molecule has 2 fully saturated rings. The SMILES string of the molecule is Cc1ccc(C)c(S(=O)(=O)C2(C(=O)NCCCN3CCN(C)CC3)CCCC2)c1. The molecule has 1 saturated heterocycles. The molecular formula is C22H35N3O3S. The number of nitrogens with one attached hydrogen (secondary N) is 1. The van der Waals surface area contributed by atoms with Crippen LogP contribution in [0, 0.1) is 13.8 Å². The minimum Gasteiger partial charge on any atom is -0.355 e. The molecule has 3 rings (SSSR count). The number of hydrogen-bond donors (Lipinski definition) is 1. The number of likely N-dealkylation sites (N-methyl/N-ethyl adjacent to an activating group) is 1. The van der Waals surface area contributed by atoms with Gasteiger partial charge in [-0.05, 0) is 63.9 Å². The van der Waals surface area contributed by atoms with Crippen LogP contribution in [-0.4, -0.2) is 75.2 Å². The predicted octanol–water partition coefficient (Wildman–Crippen LogP) is 2.14. The Bertz CT molecular complexity index is 824. The van der Waals surface area contributed by atoms with Crippen LogP contribution in [0.15, 0.2) is 23.1 Å². The number of piperazine rings is 1. The van der Waals surface area contributed by atoms with E-state index in [1.54, 1.807) is 6.07 Å². The molecule has 162 valence electrons. The number of aryl methyl sites for hydroxylation is 2. The molecule has 1 amide bonds. The highest BCUT2D eigenvalue weighted by atomic mass is 32.2. The van der Waals surface area contributed by atoms with E-state index in [0.717, 1.165) is 57.5 Å². The Labute approximate surface area is 175 Å². The van der Waals surface area contributed by atoms with E-state index in [2.05, 4.69) is 22.2 Å². The van der Waals surface area contributed by atoms with Crippen molar-refractivity contribution < 1.29 is 13.2 Å². The molecule has 1 aliphatic heterocycles. The van der Waals surface area contributed by atoms with Gasteiger partial charge in [-0.15, -0.1) is 0 Å². The number of nitrogens with zero attached hydrogens (tertiary/aromatic N) is 2. The molecule has 0 bridgehead atoms. The van der Waals surface area contributed by atoms with E-state index in [-0.39, 0.29) is 5.91 Å². The quantitative estimate of drug-likeness (QED) is 0.683. The molecule has 7 heteroatoms. The lowest BCUT2D eigenvalue weighted by Crippen LogP contribution is -2.51. The maximum absolute atomic E-state index is 13.6. The smallest absolute Gasteiger partial charge is 0.241 e. The summed E-state index contributed by atoms with van der Waals surface area (Å²) in [6.45, 7) is 9.40. The van der Waals surface area contributed by atoms with Gasteiger partial charge in [0, 0.05) is 32.7 Å². The Balaban J connectivity index is 1.66.